The molecule has 0 saturated carbocycles. The summed E-state index contributed by atoms with van der Waals surface area (Å²) >= 11 is 3.20. The number of H-pyrrole nitrogens is 1. The zero-order valence-electron chi connectivity index (χ0n) is 14.7. The molecule has 2 saturated heterocycles. The van der Waals surface area contributed by atoms with Gasteiger partial charge in [-0.05, 0) is 15.9 Å². The summed E-state index contributed by atoms with van der Waals surface area (Å²) in [6.07, 6.45) is -4.37. The van der Waals surface area contributed by atoms with Gasteiger partial charge in [0, 0.05) is 6.92 Å². The second kappa shape index (κ2) is 7.43. The van der Waals surface area contributed by atoms with Gasteiger partial charge in [0.25, 0.3) is 5.56 Å². The van der Waals surface area contributed by atoms with E-state index in [0.29, 0.717) is 0 Å². The van der Waals surface area contributed by atoms with E-state index in [-0.39, 0.29) is 28.5 Å². The number of phosphoric ester groups is 1. The summed E-state index contributed by atoms with van der Waals surface area (Å²) < 4.78 is 39.6. The first kappa shape index (κ1) is 20.4. The molecule has 158 valence electrons. The number of hydrogen-bond donors (Lipinski definition) is 3. The number of fused-ring (bicyclic) bond motifs is 2. The van der Waals surface area contributed by atoms with Crippen LogP contribution in [-0.4, -0.2) is 62.3 Å². The average Bonchev–Trinajstić information content (AvgIpc) is 3.11. The standard InChI is InChI=1S/C13H15BrN5O9P/c1-4(20)24-3-26-29(23)25-2-5-8(28-29)7(21)11(27-5)19-9-6(16-12(19)14)10(22)18-13(15)17-9/h5,7-8,11,21H,2-3H2,1H3,(H3,15,17,18,22)/t5-,7-,8-,11-,29?/m1/s1. The number of nitrogens with two attached hydrogens (primary N) is 1. The number of anilines is 1. The van der Waals surface area contributed by atoms with E-state index >= 15 is 0 Å². The minimum atomic E-state index is -4.10. The molecule has 4 rings (SSSR count). The number of esters is 1. The van der Waals surface area contributed by atoms with Crippen LogP contribution in [0, 0.1) is 0 Å². The van der Waals surface area contributed by atoms with E-state index in [1.165, 1.54) is 4.57 Å². The second-order valence-corrected chi connectivity index (χ2v) is 8.46. The second-order valence-electron chi connectivity index (χ2n) is 6.13. The van der Waals surface area contributed by atoms with Crippen molar-refractivity contribution in [1.29, 1.82) is 0 Å². The summed E-state index contributed by atoms with van der Waals surface area (Å²) in [5.41, 5.74) is 5.07. The first-order valence-electron chi connectivity index (χ1n) is 8.16. The lowest BCUT2D eigenvalue weighted by molar-refractivity contribution is -0.150. The number of ether oxygens (including phenoxy) is 2. The van der Waals surface area contributed by atoms with Gasteiger partial charge in [-0.15, -0.1) is 0 Å². The van der Waals surface area contributed by atoms with Gasteiger partial charge in [0.05, 0.1) is 6.61 Å². The number of aliphatic hydroxyl groups is 1. The molecule has 2 aromatic heterocycles. The molecular weight excluding hydrogens is 481 g/mol. The summed E-state index contributed by atoms with van der Waals surface area (Å²) in [5.74, 6) is -0.793. The molecule has 0 amide bonds. The number of halogens is 1. The number of phosphoric acid groups is 1. The highest BCUT2D eigenvalue weighted by molar-refractivity contribution is 9.10. The Bertz CT molecular complexity index is 1070. The van der Waals surface area contributed by atoms with Gasteiger partial charge in [-0.25, -0.2) is 14.1 Å². The molecule has 2 aliphatic rings. The molecule has 0 radical (unpaired) electrons. The molecule has 0 bridgehead atoms. The van der Waals surface area contributed by atoms with Crippen LogP contribution < -0.4 is 11.3 Å². The molecule has 4 heterocycles. The number of aromatic amines is 1. The maximum atomic E-state index is 12.5. The predicted molar refractivity (Wildman–Crippen MR) is 96.3 cm³/mol. The highest BCUT2D eigenvalue weighted by Gasteiger charge is 2.54. The maximum Gasteiger partial charge on any atom is 0.478 e. The Balaban J connectivity index is 1.60. The molecule has 5 atom stereocenters. The van der Waals surface area contributed by atoms with E-state index in [2.05, 4.69) is 35.6 Å². The number of aliphatic hydroxyl groups excluding tert-OH is 1. The number of nitrogens with one attached hydrogen (secondary N) is 1. The van der Waals surface area contributed by atoms with Crippen LogP contribution in [0.15, 0.2) is 9.53 Å². The quantitative estimate of drug-likeness (QED) is 0.219. The maximum absolute atomic E-state index is 12.5. The zero-order chi connectivity index (χ0) is 20.9. The van der Waals surface area contributed by atoms with Gasteiger partial charge in [0.1, 0.15) is 18.3 Å². The number of hydrogen-bond acceptors (Lipinski definition) is 12. The molecular formula is C13H15BrN5O9P. The highest BCUT2D eigenvalue weighted by Crippen LogP contribution is 2.56. The van der Waals surface area contributed by atoms with Crippen molar-refractivity contribution in [3.05, 3.63) is 15.1 Å². The topological polar surface area (TPSA) is 190 Å². The Morgan fingerprint density at radius 1 is 1.52 bits per heavy atom. The highest BCUT2D eigenvalue weighted by atomic mass is 79.9. The summed E-state index contributed by atoms with van der Waals surface area (Å²) in [5, 5.41) is 10.7. The fraction of sp³-hybridized carbons (Fsp3) is 0.538. The van der Waals surface area contributed by atoms with Crippen LogP contribution in [0.25, 0.3) is 11.2 Å². The number of imidazole rings is 1. The molecule has 4 N–H and O–H groups in total. The number of nitrogens with zero attached hydrogens (tertiary/aromatic N) is 3. The van der Waals surface area contributed by atoms with Crippen molar-refractivity contribution < 1.29 is 37.5 Å². The lowest BCUT2D eigenvalue weighted by atomic mass is 10.1. The van der Waals surface area contributed by atoms with Crippen molar-refractivity contribution in [2.45, 2.75) is 31.5 Å². The van der Waals surface area contributed by atoms with E-state index < -0.39 is 50.7 Å². The van der Waals surface area contributed by atoms with Crippen molar-refractivity contribution in [1.82, 2.24) is 19.5 Å². The van der Waals surface area contributed by atoms with Crippen LogP contribution >= 0.6 is 23.8 Å². The lowest BCUT2D eigenvalue weighted by Gasteiger charge is -2.30. The summed E-state index contributed by atoms with van der Waals surface area (Å²) in [4.78, 5) is 33.3. The molecule has 1 unspecified atom stereocenters. The predicted octanol–water partition coefficient (Wildman–Crippen LogP) is -0.217. The summed E-state index contributed by atoms with van der Waals surface area (Å²) in [7, 11) is -4.10. The zero-order valence-corrected chi connectivity index (χ0v) is 17.2. The third-order valence-corrected chi connectivity index (χ3v) is 6.16. The molecule has 0 aromatic carbocycles. The van der Waals surface area contributed by atoms with Gasteiger partial charge in [-0.2, -0.15) is 4.98 Å². The van der Waals surface area contributed by atoms with Crippen LogP contribution in [0.3, 0.4) is 0 Å². The number of carbonyl (C=O) groups is 1. The number of carbonyl (C=O) groups excluding carboxylic acids is 1. The number of rotatable bonds is 4. The van der Waals surface area contributed by atoms with Gasteiger partial charge < -0.3 is 20.3 Å². The van der Waals surface area contributed by atoms with Crippen LogP contribution in [-0.2, 0) is 32.4 Å². The molecule has 2 aromatic rings. The smallest absolute Gasteiger partial charge is 0.438 e. The Kier molecular flexibility index (Phi) is 5.23. The fourth-order valence-electron chi connectivity index (χ4n) is 2.98. The summed E-state index contributed by atoms with van der Waals surface area (Å²) in [6, 6.07) is 0. The van der Waals surface area contributed by atoms with Crippen molar-refractivity contribution >= 4 is 46.8 Å². The monoisotopic (exact) mass is 495 g/mol. The normalized spacial score (nSPS) is 31.7. The molecule has 0 spiro atoms. The first-order valence-corrected chi connectivity index (χ1v) is 10.4. The molecule has 2 aliphatic heterocycles. The molecule has 2 fully saturated rings. The Morgan fingerprint density at radius 2 is 2.28 bits per heavy atom. The van der Waals surface area contributed by atoms with Crippen molar-refractivity contribution in [2.24, 2.45) is 0 Å². The Morgan fingerprint density at radius 3 is 3.00 bits per heavy atom. The lowest BCUT2D eigenvalue weighted by Crippen LogP contribution is -2.39. The summed E-state index contributed by atoms with van der Waals surface area (Å²) in [6.45, 7) is 0.278. The largest absolute Gasteiger partial charge is 0.478 e. The van der Waals surface area contributed by atoms with Gasteiger partial charge in [-0.1, -0.05) is 0 Å². The van der Waals surface area contributed by atoms with Crippen molar-refractivity contribution in [3.8, 4) is 0 Å². The number of aromatic nitrogens is 4. The van der Waals surface area contributed by atoms with Gasteiger partial charge in [-0.3, -0.25) is 28.2 Å². The van der Waals surface area contributed by atoms with E-state index in [0.717, 1.165) is 6.92 Å². The number of nitrogen functional groups attached to an aromatic ring is 1. The van der Waals surface area contributed by atoms with E-state index in [1.54, 1.807) is 0 Å². The van der Waals surface area contributed by atoms with Gasteiger partial charge >= 0.3 is 13.8 Å². The van der Waals surface area contributed by atoms with E-state index in [1.807, 2.05) is 0 Å². The van der Waals surface area contributed by atoms with Crippen LogP contribution in [0.5, 0.6) is 0 Å². The van der Waals surface area contributed by atoms with Crippen LogP contribution in [0.4, 0.5) is 5.95 Å². The third kappa shape index (κ3) is 3.70. The first-order chi connectivity index (χ1) is 13.7. The van der Waals surface area contributed by atoms with Crippen LogP contribution in [0.2, 0.25) is 0 Å². The van der Waals surface area contributed by atoms with E-state index in [4.69, 9.17) is 24.0 Å². The minimum Gasteiger partial charge on any atom is -0.438 e. The Hall–Kier alpha value is -1.87. The SMILES string of the molecule is CC(=O)OCOP1(=O)OC[C@H]2O[C@@H](n3c(Br)nc4c(=O)[nH]c(N)nc43)[C@H](O)[C@@H]2O1. The molecule has 29 heavy (non-hydrogen) atoms. The van der Waals surface area contributed by atoms with Crippen molar-refractivity contribution in [3.63, 3.8) is 0 Å². The molecule has 16 heteroatoms. The fourth-order valence-corrected chi connectivity index (χ4v) is 4.80. The Labute approximate surface area is 170 Å². The molecule has 14 nitrogen and oxygen atoms in total. The van der Waals surface area contributed by atoms with Crippen molar-refractivity contribution in [2.75, 3.05) is 19.1 Å². The third-order valence-electron chi connectivity index (χ3n) is 4.21. The van der Waals surface area contributed by atoms with Gasteiger partial charge in [0.2, 0.25) is 12.7 Å². The average molecular weight is 496 g/mol. The van der Waals surface area contributed by atoms with E-state index in [9.17, 15) is 19.3 Å². The molecule has 0 aliphatic carbocycles. The minimum absolute atomic E-state index is 0.0238. The van der Waals surface area contributed by atoms with Crippen LogP contribution in [0.1, 0.15) is 13.2 Å². The van der Waals surface area contributed by atoms with Gasteiger partial charge in [0.15, 0.2) is 22.1 Å².